The number of unbranched alkanes of at least 4 members (excludes halogenated alkanes) is 6. The third kappa shape index (κ3) is 9.09. The number of halogens is 2. The SMILES string of the molecule is CCCCCCCCCC(Cl)/C=C/CN(Cl)S(=O)(=O)c1ccccc1. The Labute approximate surface area is 163 Å². The van der Waals surface area contributed by atoms with Crippen molar-refractivity contribution in [1.82, 2.24) is 3.82 Å². The molecule has 6 heteroatoms. The van der Waals surface area contributed by atoms with Crippen LogP contribution in [0.2, 0.25) is 0 Å². The zero-order valence-electron chi connectivity index (χ0n) is 14.9. The Kier molecular flexibility index (Phi) is 11.5. The molecular formula is C19H29Cl2NO2S. The molecule has 0 heterocycles. The van der Waals surface area contributed by atoms with Crippen molar-refractivity contribution in [2.45, 2.75) is 68.6 Å². The number of alkyl halides is 1. The van der Waals surface area contributed by atoms with Gasteiger partial charge in [-0.25, -0.2) is 8.42 Å². The Morgan fingerprint density at radius 1 is 1.04 bits per heavy atom. The zero-order valence-corrected chi connectivity index (χ0v) is 17.2. The van der Waals surface area contributed by atoms with Crippen LogP contribution < -0.4 is 0 Å². The highest BCUT2D eigenvalue weighted by Gasteiger charge is 2.21. The van der Waals surface area contributed by atoms with Crippen LogP contribution in [0.15, 0.2) is 47.4 Å². The smallest absolute Gasteiger partial charge is 0.206 e. The lowest BCUT2D eigenvalue weighted by atomic mass is 10.1. The second-order valence-electron chi connectivity index (χ2n) is 6.14. The highest BCUT2D eigenvalue weighted by Crippen LogP contribution is 2.18. The average molecular weight is 406 g/mol. The van der Waals surface area contributed by atoms with Crippen LogP contribution in [0.1, 0.15) is 58.3 Å². The van der Waals surface area contributed by atoms with Crippen LogP contribution in [0, 0.1) is 0 Å². The predicted molar refractivity (Wildman–Crippen MR) is 108 cm³/mol. The van der Waals surface area contributed by atoms with Gasteiger partial charge in [-0.2, -0.15) is 0 Å². The van der Waals surface area contributed by atoms with Crippen LogP contribution in [0.25, 0.3) is 0 Å². The Hall–Kier alpha value is -0.550. The monoisotopic (exact) mass is 405 g/mol. The number of benzene rings is 1. The van der Waals surface area contributed by atoms with Crippen molar-refractivity contribution >= 4 is 33.4 Å². The fraction of sp³-hybridized carbons (Fsp3) is 0.579. The fourth-order valence-electron chi connectivity index (χ4n) is 2.49. The molecule has 0 aliphatic rings. The molecule has 1 aromatic rings. The van der Waals surface area contributed by atoms with E-state index in [0.29, 0.717) is 0 Å². The van der Waals surface area contributed by atoms with Crippen molar-refractivity contribution < 1.29 is 8.42 Å². The van der Waals surface area contributed by atoms with Crippen LogP contribution in [-0.4, -0.2) is 24.2 Å². The molecule has 1 aromatic carbocycles. The first kappa shape index (κ1) is 22.5. The maximum Gasteiger partial charge on any atom is 0.256 e. The summed E-state index contributed by atoms with van der Waals surface area (Å²) >= 11 is 12.2. The van der Waals surface area contributed by atoms with E-state index in [-0.39, 0.29) is 16.8 Å². The summed E-state index contributed by atoms with van der Waals surface area (Å²) in [6.07, 6.45) is 13.2. The maximum atomic E-state index is 12.3. The van der Waals surface area contributed by atoms with Gasteiger partial charge in [0.15, 0.2) is 0 Å². The number of rotatable bonds is 13. The minimum atomic E-state index is -3.66. The van der Waals surface area contributed by atoms with E-state index < -0.39 is 10.0 Å². The molecule has 0 amide bonds. The minimum absolute atomic E-state index is 0.0832. The van der Waals surface area contributed by atoms with Crippen molar-refractivity contribution in [1.29, 1.82) is 0 Å². The number of nitrogens with zero attached hydrogens (tertiary/aromatic N) is 1. The van der Waals surface area contributed by atoms with Crippen molar-refractivity contribution in [2.24, 2.45) is 0 Å². The molecule has 1 atom stereocenters. The van der Waals surface area contributed by atoms with Gasteiger partial charge in [0.05, 0.1) is 10.3 Å². The summed E-state index contributed by atoms with van der Waals surface area (Å²) in [4.78, 5) is 0.184. The van der Waals surface area contributed by atoms with Crippen LogP contribution in [-0.2, 0) is 10.0 Å². The van der Waals surface area contributed by atoms with E-state index in [9.17, 15) is 8.42 Å². The summed E-state index contributed by atoms with van der Waals surface area (Å²) in [5.74, 6) is 0. The van der Waals surface area contributed by atoms with Crippen molar-refractivity contribution in [2.75, 3.05) is 6.54 Å². The van der Waals surface area contributed by atoms with Crippen LogP contribution >= 0.6 is 23.4 Å². The normalized spacial score (nSPS) is 13.6. The van der Waals surface area contributed by atoms with Gasteiger partial charge in [-0.15, -0.1) is 15.4 Å². The largest absolute Gasteiger partial charge is 0.256 e. The summed E-state index contributed by atoms with van der Waals surface area (Å²) < 4.78 is 25.3. The zero-order chi connectivity index (χ0) is 18.5. The summed E-state index contributed by atoms with van der Waals surface area (Å²) in [5, 5.41) is -0.0832. The molecule has 0 spiro atoms. The van der Waals surface area contributed by atoms with E-state index in [1.807, 2.05) is 6.08 Å². The van der Waals surface area contributed by atoms with Gasteiger partial charge in [0.1, 0.15) is 0 Å². The van der Waals surface area contributed by atoms with Gasteiger partial charge >= 0.3 is 0 Å². The first-order valence-corrected chi connectivity index (χ1v) is 11.2. The van der Waals surface area contributed by atoms with Gasteiger partial charge in [0.25, 0.3) is 10.0 Å². The highest BCUT2D eigenvalue weighted by molar-refractivity contribution is 7.90. The third-order valence-electron chi connectivity index (χ3n) is 3.98. The van der Waals surface area contributed by atoms with E-state index in [0.717, 1.165) is 16.7 Å². The first-order chi connectivity index (χ1) is 12.0. The number of allylic oxidation sites excluding steroid dienone is 1. The minimum Gasteiger partial charge on any atom is -0.206 e. The van der Waals surface area contributed by atoms with Gasteiger partial charge in [0, 0.05) is 6.54 Å². The van der Waals surface area contributed by atoms with Crippen molar-refractivity contribution in [3.8, 4) is 0 Å². The molecule has 1 unspecified atom stereocenters. The second kappa shape index (κ2) is 12.7. The van der Waals surface area contributed by atoms with Gasteiger partial charge in [-0.1, -0.05) is 82.2 Å². The lowest BCUT2D eigenvalue weighted by Crippen LogP contribution is -2.22. The first-order valence-electron chi connectivity index (χ1n) is 9.02. The molecule has 1 rings (SSSR count). The van der Waals surface area contributed by atoms with Crippen LogP contribution in [0.4, 0.5) is 0 Å². The lowest BCUT2D eigenvalue weighted by molar-refractivity contribution is 0.551. The van der Waals surface area contributed by atoms with E-state index in [1.165, 1.54) is 50.7 Å². The number of hydrogen-bond donors (Lipinski definition) is 0. The number of sulfonamides is 1. The molecule has 0 fully saturated rings. The highest BCUT2D eigenvalue weighted by atomic mass is 35.5. The maximum absolute atomic E-state index is 12.3. The van der Waals surface area contributed by atoms with E-state index >= 15 is 0 Å². The quantitative estimate of drug-likeness (QED) is 0.171. The summed E-state index contributed by atoms with van der Waals surface area (Å²) in [7, 11) is -3.66. The van der Waals surface area contributed by atoms with Crippen molar-refractivity contribution in [3.63, 3.8) is 0 Å². The van der Waals surface area contributed by atoms with Crippen LogP contribution in [0.3, 0.4) is 0 Å². The Bertz CT molecular complexity index is 591. The van der Waals surface area contributed by atoms with E-state index in [1.54, 1.807) is 24.3 Å². The predicted octanol–water partition coefficient (Wildman–Crippen LogP) is 6.14. The summed E-state index contributed by atoms with van der Waals surface area (Å²) in [5.41, 5.74) is 0. The molecule has 0 aliphatic heterocycles. The fourth-order valence-corrected chi connectivity index (χ4v) is 4.08. The summed E-state index contributed by atoms with van der Waals surface area (Å²) in [6, 6.07) is 8.16. The van der Waals surface area contributed by atoms with E-state index in [2.05, 4.69) is 6.92 Å². The van der Waals surface area contributed by atoms with Gasteiger partial charge < -0.3 is 0 Å². The molecule has 25 heavy (non-hydrogen) atoms. The molecule has 0 saturated heterocycles. The van der Waals surface area contributed by atoms with E-state index in [4.69, 9.17) is 23.4 Å². The Balaban J connectivity index is 2.27. The average Bonchev–Trinajstić information content (AvgIpc) is 2.61. The Morgan fingerprint density at radius 2 is 1.64 bits per heavy atom. The molecule has 0 N–H and O–H groups in total. The second-order valence-corrected chi connectivity index (χ2v) is 9.17. The molecular weight excluding hydrogens is 377 g/mol. The standard InChI is InChI=1S/C19H29Cl2NO2S/c1-2-3-4-5-6-7-9-13-18(20)14-12-17-22(21)25(23,24)19-15-10-8-11-16-19/h8,10-12,14-16,18H,2-7,9,13,17H2,1H3/b14-12+. The van der Waals surface area contributed by atoms with Gasteiger partial charge in [-0.3, -0.25) is 0 Å². The topological polar surface area (TPSA) is 37.4 Å². The molecule has 0 saturated carbocycles. The third-order valence-corrected chi connectivity index (χ3v) is 6.56. The lowest BCUT2D eigenvalue weighted by Gasteiger charge is -2.12. The molecule has 0 radical (unpaired) electrons. The van der Waals surface area contributed by atoms with Crippen molar-refractivity contribution in [3.05, 3.63) is 42.5 Å². The molecule has 142 valence electrons. The van der Waals surface area contributed by atoms with Gasteiger partial charge in [0.2, 0.25) is 0 Å². The number of hydrogen-bond acceptors (Lipinski definition) is 2. The van der Waals surface area contributed by atoms with Crippen LogP contribution in [0.5, 0.6) is 0 Å². The summed E-state index contributed by atoms with van der Waals surface area (Å²) in [6.45, 7) is 2.32. The molecule has 3 nitrogen and oxygen atoms in total. The van der Waals surface area contributed by atoms with Gasteiger partial charge in [-0.05, 0) is 30.3 Å². The Morgan fingerprint density at radius 3 is 2.28 bits per heavy atom. The molecule has 0 bridgehead atoms. The molecule has 0 aromatic heterocycles. The molecule has 0 aliphatic carbocycles.